The molecule has 2 aromatic carbocycles. The number of carbonyl (C=O) groups is 2. The zero-order valence-corrected chi connectivity index (χ0v) is 15.0. The zero-order chi connectivity index (χ0) is 19.1. The molecule has 1 fully saturated rings. The average molecular weight is 369 g/mol. The van der Waals surface area contributed by atoms with E-state index in [-0.39, 0.29) is 12.8 Å². The fourth-order valence-electron chi connectivity index (χ4n) is 3.22. The summed E-state index contributed by atoms with van der Waals surface area (Å²) < 4.78 is 11.0. The highest BCUT2D eigenvalue weighted by Gasteiger charge is 2.22. The molecule has 27 heavy (non-hydrogen) atoms. The van der Waals surface area contributed by atoms with Crippen LogP contribution in [0.3, 0.4) is 0 Å². The van der Waals surface area contributed by atoms with Crippen LogP contribution in [0.15, 0.2) is 54.6 Å². The predicted octanol–water partition coefficient (Wildman–Crippen LogP) is 3.08. The van der Waals surface area contributed by atoms with Crippen molar-refractivity contribution in [3.63, 3.8) is 0 Å². The number of hydrogen-bond donors (Lipinski definition) is 1. The van der Waals surface area contributed by atoms with Crippen LogP contribution in [0.2, 0.25) is 0 Å². The normalized spacial score (nSPS) is 15.2. The largest absolute Gasteiger partial charge is 0.481 e. The summed E-state index contributed by atoms with van der Waals surface area (Å²) in [5.74, 6) is -1.31. The SMILES string of the molecule is O=C(O)C[C@H](CC(=O)Oc1ccccc1N1CCOCC1)c1ccccc1. The Morgan fingerprint density at radius 1 is 1.00 bits per heavy atom. The minimum Gasteiger partial charge on any atom is -0.481 e. The molecule has 0 aromatic heterocycles. The summed E-state index contributed by atoms with van der Waals surface area (Å²) in [7, 11) is 0. The number of carbonyl (C=O) groups excluding carboxylic acids is 1. The first kappa shape index (κ1) is 18.9. The number of aliphatic carboxylic acids is 1. The highest BCUT2D eigenvalue weighted by molar-refractivity contribution is 5.77. The van der Waals surface area contributed by atoms with E-state index in [1.54, 1.807) is 6.07 Å². The highest BCUT2D eigenvalue weighted by atomic mass is 16.5. The maximum atomic E-state index is 12.6. The molecule has 0 bridgehead atoms. The van der Waals surface area contributed by atoms with Gasteiger partial charge in [0.1, 0.15) is 0 Å². The molecule has 142 valence electrons. The Balaban J connectivity index is 1.71. The van der Waals surface area contributed by atoms with Gasteiger partial charge in [0.15, 0.2) is 5.75 Å². The minimum absolute atomic E-state index is 0.00770. The Bertz CT molecular complexity index is 771. The standard InChI is InChI=1S/C21H23NO5/c23-20(24)14-17(16-6-2-1-3-7-16)15-21(25)27-19-9-5-4-8-18(19)22-10-12-26-13-11-22/h1-9,17H,10-15H2,(H,23,24)/t17-/m1/s1. The van der Waals surface area contributed by atoms with Crippen molar-refractivity contribution in [2.75, 3.05) is 31.2 Å². The van der Waals surface area contributed by atoms with E-state index in [0.717, 1.165) is 24.3 Å². The summed E-state index contributed by atoms with van der Waals surface area (Å²) in [4.78, 5) is 25.9. The van der Waals surface area contributed by atoms with Crippen molar-refractivity contribution in [2.24, 2.45) is 0 Å². The lowest BCUT2D eigenvalue weighted by Crippen LogP contribution is -2.36. The third-order valence-electron chi connectivity index (χ3n) is 4.55. The molecule has 0 radical (unpaired) electrons. The molecule has 0 amide bonds. The Kier molecular flexibility index (Phi) is 6.44. The number of hydrogen-bond acceptors (Lipinski definition) is 5. The maximum absolute atomic E-state index is 12.6. The third kappa shape index (κ3) is 5.31. The molecule has 0 aliphatic carbocycles. The zero-order valence-electron chi connectivity index (χ0n) is 15.0. The van der Waals surface area contributed by atoms with E-state index >= 15 is 0 Å². The van der Waals surface area contributed by atoms with Gasteiger partial charge in [-0.05, 0) is 17.7 Å². The Labute approximate surface area is 158 Å². The molecule has 1 saturated heterocycles. The Morgan fingerprint density at radius 2 is 1.67 bits per heavy atom. The molecule has 1 atom stereocenters. The van der Waals surface area contributed by atoms with Crippen molar-refractivity contribution < 1.29 is 24.2 Å². The topological polar surface area (TPSA) is 76.1 Å². The van der Waals surface area contributed by atoms with Gasteiger partial charge in [-0.3, -0.25) is 9.59 Å². The molecule has 0 spiro atoms. The summed E-state index contributed by atoms with van der Waals surface area (Å²) >= 11 is 0. The van der Waals surface area contributed by atoms with E-state index in [1.807, 2.05) is 48.5 Å². The molecule has 1 heterocycles. The lowest BCUT2D eigenvalue weighted by atomic mass is 9.92. The number of carboxylic acid groups (broad SMARTS) is 1. The number of anilines is 1. The molecular weight excluding hydrogens is 346 g/mol. The van der Waals surface area contributed by atoms with Gasteiger partial charge >= 0.3 is 11.9 Å². The van der Waals surface area contributed by atoms with Gasteiger partial charge in [-0.15, -0.1) is 0 Å². The molecule has 0 saturated carbocycles. The van der Waals surface area contributed by atoms with E-state index in [1.165, 1.54) is 0 Å². The van der Waals surface area contributed by atoms with Crippen molar-refractivity contribution in [1.29, 1.82) is 0 Å². The first-order valence-corrected chi connectivity index (χ1v) is 9.02. The van der Waals surface area contributed by atoms with Crippen LogP contribution in [0.4, 0.5) is 5.69 Å². The van der Waals surface area contributed by atoms with Crippen LogP contribution in [-0.2, 0) is 14.3 Å². The van der Waals surface area contributed by atoms with Crippen LogP contribution in [0.25, 0.3) is 0 Å². The van der Waals surface area contributed by atoms with Crippen LogP contribution < -0.4 is 9.64 Å². The number of nitrogens with zero attached hydrogens (tertiary/aromatic N) is 1. The van der Waals surface area contributed by atoms with Crippen molar-refractivity contribution in [3.8, 4) is 5.75 Å². The molecule has 3 rings (SSSR count). The molecule has 1 aliphatic rings. The number of para-hydroxylation sites is 2. The molecule has 2 aromatic rings. The van der Waals surface area contributed by atoms with Gasteiger partial charge in [0.05, 0.1) is 31.7 Å². The molecular formula is C21H23NO5. The van der Waals surface area contributed by atoms with E-state index in [9.17, 15) is 14.7 Å². The van der Waals surface area contributed by atoms with Crippen molar-refractivity contribution >= 4 is 17.6 Å². The number of rotatable bonds is 7. The van der Waals surface area contributed by atoms with Gasteiger partial charge in [0.2, 0.25) is 0 Å². The molecule has 6 nitrogen and oxygen atoms in total. The van der Waals surface area contributed by atoms with Crippen LogP contribution >= 0.6 is 0 Å². The lowest BCUT2D eigenvalue weighted by Gasteiger charge is -2.30. The van der Waals surface area contributed by atoms with Crippen LogP contribution in [0.1, 0.15) is 24.3 Å². The summed E-state index contributed by atoms with van der Waals surface area (Å²) in [5, 5.41) is 9.19. The fraction of sp³-hybridized carbons (Fsp3) is 0.333. The first-order chi connectivity index (χ1) is 13.1. The smallest absolute Gasteiger partial charge is 0.311 e. The first-order valence-electron chi connectivity index (χ1n) is 9.02. The molecule has 1 N–H and O–H groups in total. The van der Waals surface area contributed by atoms with Crippen molar-refractivity contribution in [3.05, 3.63) is 60.2 Å². The second-order valence-corrected chi connectivity index (χ2v) is 6.45. The second kappa shape index (κ2) is 9.19. The number of carboxylic acids is 1. The summed E-state index contributed by atoms with van der Waals surface area (Å²) in [6.07, 6.45) is -0.113. The lowest BCUT2D eigenvalue weighted by molar-refractivity contribution is -0.138. The summed E-state index contributed by atoms with van der Waals surface area (Å²) in [6, 6.07) is 16.6. The van der Waals surface area contributed by atoms with Crippen LogP contribution in [0.5, 0.6) is 5.75 Å². The quantitative estimate of drug-likeness (QED) is 0.597. The fourth-order valence-corrected chi connectivity index (χ4v) is 3.22. The van der Waals surface area contributed by atoms with Gasteiger partial charge in [0.25, 0.3) is 0 Å². The summed E-state index contributed by atoms with van der Waals surface area (Å²) in [6.45, 7) is 2.74. The molecule has 1 aliphatic heterocycles. The summed E-state index contributed by atoms with van der Waals surface area (Å²) in [5.41, 5.74) is 1.67. The Morgan fingerprint density at radius 3 is 2.37 bits per heavy atom. The molecule has 0 unspecified atom stereocenters. The maximum Gasteiger partial charge on any atom is 0.311 e. The van der Waals surface area contributed by atoms with Crippen molar-refractivity contribution in [2.45, 2.75) is 18.8 Å². The number of morpholine rings is 1. The number of benzene rings is 2. The van der Waals surface area contributed by atoms with Gasteiger partial charge in [-0.1, -0.05) is 42.5 Å². The van der Waals surface area contributed by atoms with Gasteiger partial charge < -0.3 is 19.5 Å². The average Bonchev–Trinajstić information content (AvgIpc) is 2.69. The third-order valence-corrected chi connectivity index (χ3v) is 4.55. The van der Waals surface area contributed by atoms with E-state index < -0.39 is 17.9 Å². The minimum atomic E-state index is -0.939. The number of ether oxygens (including phenoxy) is 2. The van der Waals surface area contributed by atoms with Crippen LogP contribution in [-0.4, -0.2) is 43.3 Å². The predicted molar refractivity (Wildman–Crippen MR) is 101 cm³/mol. The van der Waals surface area contributed by atoms with Gasteiger partial charge in [-0.25, -0.2) is 0 Å². The van der Waals surface area contributed by atoms with Crippen LogP contribution in [0, 0.1) is 0 Å². The molecule has 6 heteroatoms. The van der Waals surface area contributed by atoms with Gasteiger partial charge in [0, 0.05) is 19.0 Å². The highest BCUT2D eigenvalue weighted by Crippen LogP contribution is 2.30. The second-order valence-electron chi connectivity index (χ2n) is 6.45. The van der Waals surface area contributed by atoms with E-state index in [2.05, 4.69) is 4.90 Å². The monoisotopic (exact) mass is 369 g/mol. The number of esters is 1. The van der Waals surface area contributed by atoms with E-state index in [0.29, 0.717) is 19.0 Å². The van der Waals surface area contributed by atoms with Crippen molar-refractivity contribution in [1.82, 2.24) is 0 Å². The Hall–Kier alpha value is -2.86. The van der Waals surface area contributed by atoms with E-state index in [4.69, 9.17) is 9.47 Å². The van der Waals surface area contributed by atoms with Gasteiger partial charge in [-0.2, -0.15) is 0 Å².